The largest absolute Gasteiger partial charge is 0.496 e. The van der Waals surface area contributed by atoms with E-state index in [1.165, 1.54) is 44.5 Å². The van der Waals surface area contributed by atoms with Crippen molar-refractivity contribution in [1.82, 2.24) is 0 Å². The van der Waals surface area contributed by atoms with E-state index >= 15 is 0 Å². The van der Waals surface area contributed by atoms with Crippen molar-refractivity contribution in [1.29, 1.82) is 0 Å². The van der Waals surface area contributed by atoms with Crippen LogP contribution in [0.4, 0.5) is 0 Å². The maximum Gasteiger partial charge on any atom is 0.207 e. The molecule has 0 bridgehead atoms. The number of methoxy groups -OCH3 is 1. The van der Waals surface area contributed by atoms with Gasteiger partial charge in [-0.05, 0) is 230 Å². The lowest BCUT2D eigenvalue weighted by Crippen LogP contribution is -2.15. The average Bonchev–Trinajstić information content (AvgIpc) is 3.03. The van der Waals surface area contributed by atoms with Crippen molar-refractivity contribution < 1.29 is 17.9 Å². The van der Waals surface area contributed by atoms with Crippen molar-refractivity contribution in [2.75, 3.05) is 7.11 Å². The van der Waals surface area contributed by atoms with Crippen LogP contribution in [0.1, 0.15) is 106 Å². The SMILES string of the molecule is COc1c(C)c(C)c(Cc2c(C)c(C)c(Oc3c(C)c(C)c(S(=O)(=O)c4c(C)c(C)c(C)c(C)c4C)c(C)c3C)c(C)c2C)c(C)c1C. The molecule has 4 aromatic carbocycles. The molecule has 4 nitrogen and oxygen atoms in total. The molecule has 0 aliphatic rings. The molecule has 0 atom stereocenters. The number of rotatable bonds is 7. The summed E-state index contributed by atoms with van der Waals surface area (Å²) in [5, 5.41) is 0. The third-order valence-corrected chi connectivity index (χ3v) is 14.4. The Balaban J connectivity index is 1.88. The fourth-order valence-electron chi connectivity index (χ4n) is 7.75. The Hall–Kier alpha value is -3.57. The minimum absolute atomic E-state index is 0.394. The van der Waals surface area contributed by atoms with Gasteiger partial charge in [-0.3, -0.25) is 0 Å². The third kappa shape index (κ3) is 5.56. The van der Waals surface area contributed by atoms with Gasteiger partial charge in [0.05, 0.1) is 16.9 Å². The highest BCUT2D eigenvalue weighted by molar-refractivity contribution is 7.91. The van der Waals surface area contributed by atoms with Crippen molar-refractivity contribution in [3.8, 4) is 17.2 Å². The Bertz CT molecular complexity index is 2010. The fourth-order valence-corrected chi connectivity index (χ4v) is 10.2. The van der Waals surface area contributed by atoms with Gasteiger partial charge >= 0.3 is 0 Å². The van der Waals surface area contributed by atoms with Crippen LogP contribution in [0, 0.1) is 118 Å². The molecular weight excluding hydrogens is 613 g/mol. The van der Waals surface area contributed by atoms with Crippen LogP contribution < -0.4 is 9.47 Å². The number of sulfone groups is 1. The second-order valence-electron chi connectivity index (χ2n) is 14.2. The molecular formula is C43H56O4S. The van der Waals surface area contributed by atoms with E-state index in [2.05, 4.69) is 62.3 Å². The molecule has 4 aromatic rings. The summed E-state index contributed by atoms with van der Waals surface area (Å²) in [6.07, 6.45) is 0.836. The predicted octanol–water partition coefficient (Wildman–Crippen LogP) is 11.2. The van der Waals surface area contributed by atoms with E-state index < -0.39 is 9.84 Å². The monoisotopic (exact) mass is 668 g/mol. The lowest BCUT2D eigenvalue weighted by Gasteiger charge is -2.26. The topological polar surface area (TPSA) is 52.6 Å². The number of ether oxygens (including phenoxy) is 2. The van der Waals surface area contributed by atoms with Crippen LogP contribution in [0.15, 0.2) is 9.79 Å². The Morgan fingerprint density at radius 1 is 0.354 bits per heavy atom. The van der Waals surface area contributed by atoms with E-state index in [-0.39, 0.29) is 0 Å². The van der Waals surface area contributed by atoms with Gasteiger partial charge in [0.1, 0.15) is 17.2 Å². The van der Waals surface area contributed by atoms with Gasteiger partial charge in [-0.25, -0.2) is 8.42 Å². The van der Waals surface area contributed by atoms with Crippen LogP contribution >= 0.6 is 0 Å². The average molecular weight is 669 g/mol. The van der Waals surface area contributed by atoms with Crippen molar-refractivity contribution in [2.24, 2.45) is 0 Å². The first kappa shape index (κ1) is 37.3. The molecule has 0 aliphatic heterocycles. The van der Waals surface area contributed by atoms with Crippen molar-refractivity contribution in [2.45, 2.75) is 134 Å². The smallest absolute Gasteiger partial charge is 0.207 e. The van der Waals surface area contributed by atoms with E-state index in [0.717, 1.165) is 84.9 Å². The lowest BCUT2D eigenvalue weighted by molar-refractivity contribution is 0.407. The lowest BCUT2D eigenvalue weighted by atomic mass is 9.84. The molecule has 0 spiro atoms. The Labute approximate surface area is 290 Å². The quantitative estimate of drug-likeness (QED) is 0.197. The van der Waals surface area contributed by atoms with Gasteiger partial charge in [0.2, 0.25) is 9.84 Å². The zero-order chi connectivity index (χ0) is 36.5. The van der Waals surface area contributed by atoms with E-state index in [1.54, 1.807) is 7.11 Å². The summed E-state index contributed by atoms with van der Waals surface area (Å²) < 4.78 is 41.8. The summed E-state index contributed by atoms with van der Waals surface area (Å²) in [5.41, 5.74) is 20.3. The maximum atomic E-state index is 14.6. The van der Waals surface area contributed by atoms with Gasteiger partial charge in [0, 0.05) is 0 Å². The molecule has 0 saturated carbocycles. The van der Waals surface area contributed by atoms with Crippen molar-refractivity contribution in [3.05, 3.63) is 106 Å². The van der Waals surface area contributed by atoms with Crippen molar-refractivity contribution in [3.63, 3.8) is 0 Å². The van der Waals surface area contributed by atoms with Crippen LogP contribution in [0.2, 0.25) is 0 Å². The summed E-state index contributed by atoms with van der Waals surface area (Å²) >= 11 is 0. The summed E-state index contributed by atoms with van der Waals surface area (Å²) in [4.78, 5) is 0.827. The Morgan fingerprint density at radius 2 is 0.604 bits per heavy atom. The van der Waals surface area contributed by atoms with Crippen LogP contribution in [-0.4, -0.2) is 15.5 Å². The molecule has 5 heteroatoms. The molecule has 0 amide bonds. The normalized spacial score (nSPS) is 11.8. The first-order valence-corrected chi connectivity index (χ1v) is 18.5. The van der Waals surface area contributed by atoms with E-state index in [0.29, 0.717) is 9.79 Å². The van der Waals surface area contributed by atoms with Gasteiger partial charge in [-0.2, -0.15) is 0 Å². The van der Waals surface area contributed by atoms with E-state index in [1.807, 2.05) is 55.4 Å². The standard InChI is InChI=1S/C43H56O4S/c1-20-21(2)33(14)42(34(15)22(20)3)48(44,45)43-35(16)31(12)41(32(13)36(43)17)47-40-29(10)25(6)38(26(7)30(40)11)19-37-23(4)27(8)39(46-18)28(9)24(37)5/h19H2,1-18H3. The van der Waals surface area contributed by atoms with Crippen LogP contribution in [-0.2, 0) is 16.3 Å². The molecule has 0 fully saturated rings. The highest BCUT2D eigenvalue weighted by Crippen LogP contribution is 2.44. The Morgan fingerprint density at radius 3 is 0.917 bits per heavy atom. The highest BCUT2D eigenvalue weighted by atomic mass is 32.2. The number of hydrogen-bond acceptors (Lipinski definition) is 4. The van der Waals surface area contributed by atoms with Gasteiger partial charge in [0.15, 0.2) is 0 Å². The second-order valence-corrected chi connectivity index (χ2v) is 16.0. The van der Waals surface area contributed by atoms with E-state index in [4.69, 9.17) is 9.47 Å². The molecule has 0 aromatic heterocycles. The Kier molecular flexibility index (Phi) is 10.1. The number of hydrogen-bond donors (Lipinski definition) is 0. The number of benzene rings is 4. The molecule has 258 valence electrons. The van der Waals surface area contributed by atoms with Gasteiger partial charge in [0.25, 0.3) is 0 Å². The first-order chi connectivity index (χ1) is 22.1. The molecule has 0 aliphatic carbocycles. The molecule has 48 heavy (non-hydrogen) atoms. The van der Waals surface area contributed by atoms with Crippen molar-refractivity contribution >= 4 is 9.84 Å². The zero-order valence-corrected chi connectivity index (χ0v) is 33.6. The summed E-state index contributed by atoms with van der Waals surface area (Å²) in [7, 11) is -2.05. The minimum atomic E-state index is -3.80. The molecule has 0 unspecified atom stereocenters. The molecule has 4 rings (SSSR count). The zero-order valence-electron chi connectivity index (χ0n) is 32.7. The highest BCUT2D eigenvalue weighted by Gasteiger charge is 2.32. The van der Waals surface area contributed by atoms with Crippen LogP contribution in [0.3, 0.4) is 0 Å². The summed E-state index contributed by atoms with van der Waals surface area (Å²) in [5.74, 6) is 2.56. The minimum Gasteiger partial charge on any atom is -0.496 e. The predicted molar refractivity (Wildman–Crippen MR) is 201 cm³/mol. The molecule has 0 radical (unpaired) electrons. The summed E-state index contributed by atoms with van der Waals surface area (Å²) in [6.45, 7) is 35.1. The van der Waals surface area contributed by atoms with Crippen LogP contribution in [0.5, 0.6) is 17.2 Å². The maximum absolute atomic E-state index is 14.6. The molecule has 0 N–H and O–H groups in total. The van der Waals surface area contributed by atoms with Gasteiger partial charge in [-0.15, -0.1) is 0 Å². The first-order valence-electron chi connectivity index (χ1n) is 17.0. The van der Waals surface area contributed by atoms with Gasteiger partial charge in [-0.1, -0.05) is 0 Å². The second kappa shape index (κ2) is 13.0. The summed E-state index contributed by atoms with van der Waals surface area (Å²) in [6, 6.07) is 0. The van der Waals surface area contributed by atoms with Gasteiger partial charge < -0.3 is 9.47 Å². The van der Waals surface area contributed by atoms with Crippen LogP contribution in [0.25, 0.3) is 0 Å². The fraction of sp³-hybridized carbons (Fsp3) is 0.442. The molecule has 0 saturated heterocycles. The third-order valence-electron chi connectivity index (χ3n) is 12.1. The van der Waals surface area contributed by atoms with E-state index in [9.17, 15) is 8.42 Å². The molecule has 0 heterocycles.